The number of likely N-dealkylation sites (tertiary alicyclic amines) is 1. The predicted molar refractivity (Wildman–Crippen MR) is 97.9 cm³/mol. The molecule has 2 nitrogen and oxygen atoms in total. The van der Waals surface area contributed by atoms with Gasteiger partial charge in [-0.05, 0) is 42.4 Å². The van der Waals surface area contributed by atoms with E-state index in [0.717, 1.165) is 31.0 Å². The minimum absolute atomic E-state index is 0.0618. The van der Waals surface area contributed by atoms with E-state index in [1.165, 1.54) is 6.07 Å². The third-order valence-corrected chi connectivity index (χ3v) is 6.25. The Morgan fingerprint density at radius 1 is 1.00 bits per heavy atom. The van der Waals surface area contributed by atoms with Gasteiger partial charge in [0.05, 0.1) is 11.2 Å². The molecule has 1 aliphatic heterocycles. The first kappa shape index (κ1) is 18.5. The van der Waals surface area contributed by atoms with E-state index in [1.54, 1.807) is 12.1 Å². The highest BCUT2D eigenvalue weighted by atomic mass is 19.4. The molecule has 0 amide bonds. The Morgan fingerprint density at radius 3 is 2.44 bits per heavy atom. The van der Waals surface area contributed by atoms with E-state index >= 15 is 0 Å². The van der Waals surface area contributed by atoms with Crippen molar-refractivity contribution in [3.05, 3.63) is 71.3 Å². The number of halogens is 3. The molecule has 1 saturated carbocycles. The number of nitrogens with zero attached hydrogens (tertiary/aromatic N) is 1. The van der Waals surface area contributed by atoms with Crippen LogP contribution in [0.15, 0.2) is 54.6 Å². The second kappa shape index (κ2) is 6.95. The van der Waals surface area contributed by atoms with Crippen molar-refractivity contribution in [3.63, 3.8) is 0 Å². The first-order valence-corrected chi connectivity index (χ1v) is 9.53. The summed E-state index contributed by atoms with van der Waals surface area (Å²) in [6, 6.07) is 15.5. The van der Waals surface area contributed by atoms with Crippen LogP contribution in [0.4, 0.5) is 13.2 Å². The Bertz CT molecular complexity index is 792. The van der Waals surface area contributed by atoms with Crippen LogP contribution in [-0.2, 0) is 18.3 Å². The second-order valence-electron chi connectivity index (χ2n) is 7.90. The lowest BCUT2D eigenvalue weighted by Gasteiger charge is -2.41. The van der Waals surface area contributed by atoms with Crippen LogP contribution < -0.4 is 0 Å². The fraction of sp³-hybridized carbons (Fsp3) is 0.455. The highest BCUT2D eigenvalue weighted by Crippen LogP contribution is 2.48. The second-order valence-corrected chi connectivity index (χ2v) is 7.90. The van der Waals surface area contributed by atoms with Crippen molar-refractivity contribution >= 4 is 0 Å². The molecule has 5 heteroatoms. The summed E-state index contributed by atoms with van der Waals surface area (Å²) in [4.78, 5) is 2.08. The van der Waals surface area contributed by atoms with E-state index in [9.17, 15) is 18.3 Å². The molecule has 0 bridgehead atoms. The molecule has 0 radical (unpaired) electrons. The van der Waals surface area contributed by atoms with Crippen LogP contribution in [0, 0.1) is 11.8 Å². The molecule has 27 heavy (non-hydrogen) atoms. The molecule has 1 N–H and O–H groups in total. The lowest BCUT2D eigenvalue weighted by molar-refractivity contribution is -0.138. The molecular weight excluding hydrogens is 351 g/mol. The van der Waals surface area contributed by atoms with Crippen LogP contribution in [0.3, 0.4) is 0 Å². The van der Waals surface area contributed by atoms with Crippen molar-refractivity contribution in [2.24, 2.45) is 11.8 Å². The topological polar surface area (TPSA) is 23.5 Å². The predicted octanol–water partition coefficient (Wildman–Crippen LogP) is 4.83. The van der Waals surface area contributed by atoms with Gasteiger partial charge in [-0.1, -0.05) is 48.5 Å². The summed E-state index contributed by atoms with van der Waals surface area (Å²) in [6.45, 7) is 1.64. The van der Waals surface area contributed by atoms with Crippen LogP contribution in [-0.4, -0.2) is 23.1 Å². The Morgan fingerprint density at radius 2 is 1.70 bits per heavy atom. The van der Waals surface area contributed by atoms with Gasteiger partial charge in [-0.3, -0.25) is 4.90 Å². The third-order valence-electron chi connectivity index (χ3n) is 6.25. The minimum atomic E-state index is -4.34. The molecule has 0 unspecified atom stereocenters. The van der Waals surface area contributed by atoms with E-state index in [-0.39, 0.29) is 12.5 Å². The number of fused-ring (bicyclic) bond motifs is 1. The summed E-state index contributed by atoms with van der Waals surface area (Å²) in [5, 5.41) is 11.5. The maximum absolute atomic E-state index is 13.3. The van der Waals surface area contributed by atoms with Crippen LogP contribution in [0.2, 0.25) is 0 Å². The molecule has 4 rings (SSSR count). The highest BCUT2D eigenvalue weighted by molar-refractivity contribution is 5.30. The minimum Gasteiger partial charge on any atom is -0.385 e. The van der Waals surface area contributed by atoms with Crippen molar-refractivity contribution in [2.75, 3.05) is 13.1 Å². The van der Waals surface area contributed by atoms with Gasteiger partial charge in [0, 0.05) is 25.6 Å². The number of alkyl halides is 3. The zero-order valence-electron chi connectivity index (χ0n) is 15.1. The number of rotatable bonds is 3. The van der Waals surface area contributed by atoms with Crippen LogP contribution in [0.5, 0.6) is 0 Å². The maximum Gasteiger partial charge on any atom is 0.416 e. The SMILES string of the molecule is O[C@]1(c2ccccc2)CCC[C@@H]2CN(Cc3ccccc3C(F)(F)F)C[C@@H]21. The van der Waals surface area contributed by atoms with Crippen molar-refractivity contribution in [1.29, 1.82) is 0 Å². The zero-order chi connectivity index (χ0) is 19.1. The molecule has 2 aromatic carbocycles. The van der Waals surface area contributed by atoms with Crippen LogP contribution in [0.1, 0.15) is 36.0 Å². The molecule has 1 heterocycles. The lowest BCUT2D eigenvalue weighted by atomic mass is 9.67. The smallest absolute Gasteiger partial charge is 0.385 e. The number of aliphatic hydroxyl groups is 1. The van der Waals surface area contributed by atoms with Gasteiger partial charge < -0.3 is 5.11 Å². The van der Waals surface area contributed by atoms with Crippen molar-refractivity contribution in [2.45, 2.75) is 37.6 Å². The normalized spacial score (nSPS) is 28.9. The van der Waals surface area contributed by atoms with Crippen molar-refractivity contribution in [3.8, 4) is 0 Å². The van der Waals surface area contributed by atoms with E-state index in [2.05, 4.69) is 4.90 Å². The van der Waals surface area contributed by atoms with Crippen molar-refractivity contribution in [1.82, 2.24) is 4.90 Å². The average Bonchev–Trinajstić information content (AvgIpc) is 3.06. The molecular formula is C22H24F3NO. The third kappa shape index (κ3) is 3.50. The average molecular weight is 375 g/mol. The maximum atomic E-state index is 13.3. The molecule has 1 aliphatic carbocycles. The van der Waals surface area contributed by atoms with Gasteiger partial charge in [0.15, 0.2) is 0 Å². The molecule has 2 aliphatic rings. The van der Waals surface area contributed by atoms with Gasteiger partial charge >= 0.3 is 6.18 Å². The Labute approximate surface area is 157 Å². The van der Waals surface area contributed by atoms with Crippen molar-refractivity contribution < 1.29 is 18.3 Å². The summed E-state index contributed by atoms with van der Waals surface area (Å²) >= 11 is 0. The monoisotopic (exact) mass is 375 g/mol. The molecule has 1 saturated heterocycles. The highest BCUT2D eigenvalue weighted by Gasteiger charge is 2.49. The Balaban J connectivity index is 1.56. The summed E-state index contributed by atoms with van der Waals surface area (Å²) in [6.07, 6.45) is -1.66. The molecule has 2 aromatic rings. The first-order valence-electron chi connectivity index (χ1n) is 9.53. The Hall–Kier alpha value is -1.85. The summed E-state index contributed by atoms with van der Waals surface area (Å²) in [5.74, 6) is 0.383. The molecule has 2 fully saturated rings. The summed E-state index contributed by atoms with van der Waals surface area (Å²) in [5.41, 5.74) is -0.204. The first-order chi connectivity index (χ1) is 12.9. The number of hydrogen-bond donors (Lipinski definition) is 1. The van der Waals surface area contributed by atoms with E-state index in [1.807, 2.05) is 30.3 Å². The fourth-order valence-corrected chi connectivity index (χ4v) is 5.00. The van der Waals surface area contributed by atoms with Crippen LogP contribution >= 0.6 is 0 Å². The lowest BCUT2D eigenvalue weighted by Crippen LogP contribution is -2.42. The molecule has 144 valence electrons. The fourth-order valence-electron chi connectivity index (χ4n) is 5.00. The number of benzene rings is 2. The molecule has 0 spiro atoms. The van der Waals surface area contributed by atoms with E-state index in [4.69, 9.17) is 0 Å². The van der Waals surface area contributed by atoms with Gasteiger partial charge in [0.1, 0.15) is 0 Å². The van der Waals surface area contributed by atoms with Gasteiger partial charge in [0.25, 0.3) is 0 Å². The largest absolute Gasteiger partial charge is 0.416 e. The quantitative estimate of drug-likeness (QED) is 0.831. The van der Waals surface area contributed by atoms with Gasteiger partial charge in [-0.2, -0.15) is 13.2 Å². The molecule has 3 atom stereocenters. The summed E-state index contributed by atoms with van der Waals surface area (Å²) < 4.78 is 39.9. The van der Waals surface area contributed by atoms with E-state index < -0.39 is 17.3 Å². The van der Waals surface area contributed by atoms with E-state index in [0.29, 0.717) is 24.4 Å². The molecule has 0 aromatic heterocycles. The van der Waals surface area contributed by atoms with Crippen LogP contribution in [0.25, 0.3) is 0 Å². The summed E-state index contributed by atoms with van der Waals surface area (Å²) in [7, 11) is 0. The zero-order valence-corrected chi connectivity index (χ0v) is 15.1. The standard InChI is InChI=1S/C22H24F3NO/c23-22(24,25)19-11-5-4-7-16(19)13-26-14-17-8-6-12-21(27,20(17)15-26)18-9-2-1-3-10-18/h1-5,7,9-11,17,20,27H,6,8,12-15H2/t17-,20+,21+/m1/s1. The van der Waals surface area contributed by atoms with Gasteiger partial charge in [0.2, 0.25) is 0 Å². The van der Waals surface area contributed by atoms with Gasteiger partial charge in [-0.15, -0.1) is 0 Å². The van der Waals surface area contributed by atoms with Gasteiger partial charge in [-0.25, -0.2) is 0 Å². The number of hydrogen-bond acceptors (Lipinski definition) is 2. The Kier molecular flexibility index (Phi) is 4.77.